The van der Waals surface area contributed by atoms with Crippen LogP contribution in [-0.2, 0) is 28.5 Å². The molecular formula is C14H22O6. The lowest BCUT2D eigenvalue weighted by Gasteiger charge is -2.22. The molecule has 0 aromatic heterocycles. The van der Waals surface area contributed by atoms with Gasteiger partial charge in [-0.1, -0.05) is 0 Å². The van der Waals surface area contributed by atoms with E-state index in [4.69, 9.17) is 18.9 Å². The number of carbonyl (C=O) groups is 2. The molecule has 20 heavy (non-hydrogen) atoms. The Labute approximate surface area is 118 Å². The normalized spacial score (nSPS) is 31.1. The summed E-state index contributed by atoms with van der Waals surface area (Å²) in [5.41, 5.74) is 0. The first-order valence-electron chi connectivity index (χ1n) is 7.22. The van der Waals surface area contributed by atoms with Gasteiger partial charge >= 0.3 is 11.9 Å². The molecule has 0 aromatic carbocycles. The second-order valence-electron chi connectivity index (χ2n) is 5.17. The molecule has 2 aliphatic heterocycles. The Balaban J connectivity index is 1.79. The summed E-state index contributed by atoms with van der Waals surface area (Å²) in [6, 6.07) is 0. The van der Waals surface area contributed by atoms with Gasteiger partial charge in [-0.25, -0.2) is 0 Å². The molecule has 0 aromatic rings. The number of esters is 2. The van der Waals surface area contributed by atoms with Crippen LogP contribution in [0.15, 0.2) is 0 Å². The zero-order chi connectivity index (χ0) is 14.5. The third-order valence-electron chi connectivity index (χ3n) is 3.58. The van der Waals surface area contributed by atoms with Gasteiger partial charge in [0.25, 0.3) is 0 Å². The monoisotopic (exact) mass is 286 g/mol. The summed E-state index contributed by atoms with van der Waals surface area (Å²) >= 11 is 0. The van der Waals surface area contributed by atoms with Crippen molar-refractivity contribution >= 4 is 11.9 Å². The molecule has 6 heteroatoms. The van der Waals surface area contributed by atoms with Gasteiger partial charge in [-0.2, -0.15) is 0 Å². The maximum Gasteiger partial charge on any atom is 0.306 e. The zero-order valence-electron chi connectivity index (χ0n) is 12.0. The molecule has 0 aliphatic carbocycles. The first-order valence-corrected chi connectivity index (χ1v) is 7.22. The van der Waals surface area contributed by atoms with Gasteiger partial charge in [0.15, 0.2) is 0 Å². The molecule has 6 nitrogen and oxygen atoms in total. The van der Waals surface area contributed by atoms with Crippen molar-refractivity contribution in [2.45, 2.75) is 70.6 Å². The molecule has 0 saturated carbocycles. The molecule has 2 heterocycles. The van der Waals surface area contributed by atoms with E-state index in [1.165, 1.54) is 6.92 Å². The maximum absolute atomic E-state index is 11.1. The summed E-state index contributed by atoms with van der Waals surface area (Å²) in [7, 11) is 0. The van der Waals surface area contributed by atoms with Gasteiger partial charge in [-0.15, -0.1) is 0 Å². The SMILES string of the molecule is CCO[C@H](C[C@H]1CC[C@@H]([C@H]2CCC(=O)O2)O1)OC(C)=O. The molecule has 0 amide bonds. The minimum atomic E-state index is -0.563. The van der Waals surface area contributed by atoms with Crippen LogP contribution >= 0.6 is 0 Å². The zero-order valence-corrected chi connectivity index (χ0v) is 12.0. The lowest BCUT2D eigenvalue weighted by atomic mass is 10.1. The second-order valence-corrected chi connectivity index (χ2v) is 5.17. The van der Waals surface area contributed by atoms with Crippen LogP contribution in [0.5, 0.6) is 0 Å². The molecular weight excluding hydrogens is 264 g/mol. The van der Waals surface area contributed by atoms with Gasteiger partial charge in [0, 0.05) is 26.4 Å². The van der Waals surface area contributed by atoms with Gasteiger partial charge in [0.1, 0.15) is 6.10 Å². The first kappa shape index (κ1) is 15.3. The van der Waals surface area contributed by atoms with E-state index in [0.29, 0.717) is 19.4 Å². The van der Waals surface area contributed by atoms with Gasteiger partial charge < -0.3 is 18.9 Å². The van der Waals surface area contributed by atoms with E-state index in [1.807, 2.05) is 6.92 Å². The van der Waals surface area contributed by atoms with E-state index in [2.05, 4.69) is 0 Å². The van der Waals surface area contributed by atoms with Crippen LogP contribution in [0, 0.1) is 0 Å². The van der Waals surface area contributed by atoms with Crippen LogP contribution < -0.4 is 0 Å². The van der Waals surface area contributed by atoms with Crippen LogP contribution in [0.25, 0.3) is 0 Å². The fourth-order valence-corrected chi connectivity index (χ4v) is 2.72. The van der Waals surface area contributed by atoms with Crippen LogP contribution in [0.3, 0.4) is 0 Å². The molecule has 0 bridgehead atoms. The van der Waals surface area contributed by atoms with Gasteiger partial charge in [-0.05, 0) is 26.2 Å². The Morgan fingerprint density at radius 3 is 2.75 bits per heavy atom. The van der Waals surface area contributed by atoms with Crippen LogP contribution in [0.2, 0.25) is 0 Å². The molecule has 0 unspecified atom stereocenters. The largest absolute Gasteiger partial charge is 0.460 e. The number of carbonyl (C=O) groups excluding carboxylic acids is 2. The highest BCUT2D eigenvalue weighted by atomic mass is 16.7. The summed E-state index contributed by atoms with van der Waals surface area (Å²) in [6.07, 6.45) is 2.72. The highest BCUT2D eigenvalue weighted by molar-refractivity contribution is 5.71. The van der Waals surface area contributed by atoms with Crippen molar-refractivity contribution in [3.63, 3.8) is 0 Å². The van der Waals surface area contributed by atoms with Crippen molar-refractivity contribution in [2.75, 3.05) is 6.61 Å². The lowest BCUT2D eigenvalue weighted by molar-refractivity contribution is -0.183. The average Bonchev–Trinajstić information content (AvgIpc) is 2.97. The highest BCUT2D eigenvalue weighted by Gasteiger charge is 2.38. The van der Waals surface area contributed by atoms with Crippen molar-refractivity contribution < 1.29 is 28.5 Å². The molecule has 4 atom stereocenters. The Hall–Kier alpha value is -1.14. The minimum absolute atomic E-state index is 0.0183. The fraction of sp³-hybridized carbons (Fsp3) is 0.857. The maximum atomic E-state index is 11.1. The Kier molecular flexibility index (Phi) is 5.37. The molecule has 2 aliphatic rings. The summed E-state index contributed by atoms with van der Waals surface area (Å²) < 4.78 is 21.6. The van der Waals surface area contributed by atoms with Gasteiger partial charge in [-0.3, -0.25) is 9.59 Å². The average molecular weight is 286 g/mol. The first-order chi connectivity index (χ1) is 9.58. The topological polar surface area (TPSA) is 71.1 Å². The summed E-state index contributed by atoms with van der Waals surface area (Å²) in [6.45, 7) is 3.70. The number of hydrogen-bond acceptors (Lipinski definition) is 6. The van der Waals surface area contributed by atoms with Crippen molar-refractivity contribution in [1.29, 1.82) is 0 Å². The fourth-order valence-electron chi connectivity index (χ4n) is 2.72. The smallest absolute Gasteiger partial charge is 0.306 e. The highest BCUT2D eigenvalue weighted by Crippen LogP contribution is 2.31. The minimum Gasteiger partial charge on any atom is -0.460 e. The molecule has 0 N–H and O–H groups in total. The third-order valence-corrected chi connectivity index (χ3v) is 3.58. The van der Waals surface area contributed by atoms with E-state index < -0.39 is 6.29 Å². The van der Waals surface area contributed by atoms with Crippen molar-refractivity contribution in [3.8, 4) is 0 Å². The van der Waals surface area contributed by atoms with E-state index >= 15 is 0 Å². The standard InChI is InChI=1S/C14H22O6/c1-3-17-14(18-9(2)15)8-10-4-5-11(19-10)12-6-7-13(16)20-12/h10-12,14H,3-8H2,1-2H3/t10-,11+,12-,14+/m1/s1. The third kappa shape index (κ3) is 4.18. The van der Waals surface area contributed by atoms with Gasteiger partial charge in [0.2, 0.25) is 6.29 Å². The van der Waals surface area contributed by atoms with E-state index in [1.54, 1.807) is 0 Å². The van der Waals surface area contributed by atoms with Crippen LogP contribution in [-0.4, -0.2) is 43.1 Å². The number of cyclic esters (lactones) is 1. The molecule has 2 rings (SSSR count). The van der Waals surface area contributed by atoms with Crippen LogP contribution in [0.4, 0.5) is 0 Å². The molecule has 0 spiro atoms. The Bertz CT molecular complexity index is 356. The number of hydrogen-bond donors (Lipinski definition) is 0. The van der Waals surface area contributed by atoms with E-state index in [9.17, 15) is 9.59 Å². The second kappa shape index (κ2) is 7.04. The summed E-state index contributed by atoms with van der Waals surface area (Å²) in [5.74, 6) is -0.503. The predicted molar refractivity (Wildman–Crippen MR) is 68.8 cm³/mol. The quantitative estimate of drug-likeness (QED) is 0.545. The molecule has 2 fully saturated rings. The molecule has 2 saturated heterocycles. The van der Waals surface area contributed by atoms with Crippen LogP contribution in [0.1, 0.15) is 46.0 Å². The van der Waals surface area contributed by atoms with E-state index in [-0.39, 0.29) is 30.3 Å². The predicted octanol–water partition coefficient (Wildman–Crippen LogP) is 1.56. The lowest BCUT2D eigenvalue weighted by Crippen LogP contribution is -2.29. The summed E-state index contributed by atoms with van der Waals surface area (Å²) in [5, 5.41) is 0. The van der Waals surface area contributed by atoms with Crippen molar-refractivity contribution in [3.05, 3.63) is 0 Å². The van der Waals surface area contributed by atoms with Crippen molar-refractivity contribution in [2.24, 2.45) is 0 Å². The number of rotatable bonds is 6. The van der Waals surface area contributed by atoms with Gasteiger partial charge in [0.05, 0.1) is 12.2 Å². The van der Waals surface area contributed by atoms with Crippen molar-refractivity contribution in [1.82, 2.24) is 0 Å². The Morgan fingerprint density at radius 2 is 2.15 bits per heavy atom. The van der Waals surface area contributed by atoms with E-state index in [0.717, 1.165) is 19.3 Å². The Morgan fingerprint density at radius 1 is 1.35 bits per heavy atom. The molecule has 0 radical (unpaired) electrons. The molecule has 114 valence electrons. The summed E-state index contributed by atoms with van der Waals surface area (Å²) in [4.78, 5) is 22.1. The number of ether oxygens (including phenoxy) is 4.